The molecule has 0 radical (unpaired) electrons. The standard InChI is InChI=1S/C16H18N2O/c17-13-4-3-12-7-8-18-16(15(12)10-13)9-11-1-5-14(19)6-2-11/h1-6,10,16,18-19H,7-9,17H2/t16-/m0/s1. The van der Waals surface area contributed by atoms with Gasteiger partial charge in [-0.15, -0.1) is 0 Å². The zero-order valence-corrected chi connectivity index (χ0v) is 10.8. The SMILES string of the molecule is Nc1ccc2c(c1)[C@H](Cc1ccc(O)cc1)NCC2. The Hall–Kier alpha value is -2.00. The van der Waals surface area contributed by atoms with Gasteiger partial charge in [0.05, 0.1) is 0 Å². The number of hydrogen-bond donors (Lipinski definition) is 3. The molecule has 19 heavy (non-hydrogen) atoms. The Kier molecular flexibility index (Phi) is 3.13. The topological polar surface area (TPSA) is 58.3 Å². The lowest BCUT2D eigenvalue weighted by molar-refractivity contribution is 0.474. The van der Waals surface area contributed by atoms with E-state index in [9.17, 15) is 5.11 Å². The molecule has 0 saturated heterocycles. The summed E-state index contributed by atoms with van der Waals surface area (Å²) in [6, 6.07) is 13.9. The molecule has 3 heteroatoms. The number of nitrogens with one attached hydrogen (secondary N) is 1. The maximum atomic E-state index is 9.32. The fraction of sp³-hybridized carbons (Fsp3) is 0.250. The Morgan fingerprint density at radius 1 is 1.16 bits per heavy atom. The predicted octanol–water partition coefficient (Wildman–Crippen LogP) is 2.40. The van der Waals surface area contributed by atoms with E-state index in [2.05, 4.69) is 17.4 Å². The summed E-state index contributed by atoms with van der Waals surface area (Å²) in [6.45, 7) is 1.000. The molecule has 0 bridgehead atoms. The molecule has 0 fully saturated rings. The van der Waals surface area contributed by atoms with Gasteiger partial charge in [-0.25, -0.2) is 0 Å². The van der Waals surface area contributed by atoms with Crippen LogP contribution >= 0.6 is 0 Å². The lowest BCUT2D eigenvalue weighted by Gasteiger charge is -2.27. The van der Waals surface area contributed by atoms with Crippen molar-refractivity contribution in [2.75, 3.05) is 12.3 Å². The third kappa shape index (κ3) is 2.56. The summed E-state index contributed by atoms with van der Waals surface area (Å²) < 4.78 is 0. The monoisotopic (exact) mass is 254 g/mol. The second-order valence-electron chi connectivity index (χ2n) is 5.09. The number of aromatic hydroxyl groups is 1. The van der Waals surface area contributed by atoms with E-state index in [0.717, 1.165) is 25.1 Å². The Balaban J connectivity index is 1.87. The van der Waals surface area contributed by atoms with E-state index in [1.54, 1.807) is 12.1 Å². The Morgan fingerprint density at radius 3 is 2.74 bits per heavy atom. The van der Waals surface area contributed by atoms with Crippen LogP contribution in [0.15, 0.2) is 42.5 Å². The fourth-order valence-electron chi connectivity index (χ4n) is 2.71. The summed E-state index contributed by atoms with van der Waals surface area (Å²) in [6.07, 6.45) is 1.97. The first kappa shape index (κ1) is 12.1. The van der Waals surface area contributed by atoms with Gasteiger partial charge >= 0.3 is 0 Å². The van der Waals surface area contributed by atoms with Crippen LogP contribution in [0.3, 0.4) is 0 Å². The molecule has 2 aromatic carbocycles. The molecule has 0 aliphatic carbocycles. The average molecular weight is 254 g/mol. The molecule has 0 saturated carbocycles. The number of rotatable bonds is 2. The molecular formula is C16H18N2O. The Bertz CT molecular complexity index is 578. The first-order valence-corrected chi connectivity index (χ1v) is 6.62. The van der Waals surface area contributed by atoms with Gasteiger partial charge in [0.1, 0.15) is 5.75 Å². The van der Waals surface area contributed by atoms with E-state index in [0.29, 0.717) is 11.8 Å². The van der Waals surface area contributed by atoms with Crippen LogP contribution in [0.4, 0.5) is 5.69 Å². The molecule has 1 heterocycles. The Labute approximate surface area is 113 Å². The first-order chi connectivity index (χ1) is 9.22. The van der Waals surface area contributed by atoms with Gasteiger partial charge < -0.3 is 16.2 Å². The molecular weight excluding hydrogens is 236 g/mol. The van der Waals surface area contributed by atoms with Crippen molar-refractivity contribution in [3.8, 4) is 5.75 Å². The van der Waals surface area contributed by atoms with Gasteiger partial charge in [0.2, 0.25) is 0 Å². The van der Waals surface area contributed by atoms with Crippen molar-refractivity contribution < 1.29 is 5.11 Å². The van der Waals surface area contributed by atoms with E-state index in [-0.39, 0.29) is 0 Å². The molecule has 4 N–H and O–H groups in total. The van der Waals surface area contributed by atoms with Gasteiger partial charge in [-0.3, -0.25) is 0 Å². The van der Waals surface area contributed by atoms with Gasteiger partial charge in [0.25, 0.3) is 0 Å². The first-order valence-electron chi connectivity index (χ1n) is 6.62. The lowest BCUT2D eigenvalue weighted by atomic mass is 9.90. The molecule has 0 aromatic heterocycles. The van der Waals surface area contributed by atoms with Crippen LogP contribution in [-0.4, -0.2) is 11.7 Å². The van der Waals surface area contributed by atoms with Crippen LogP contribution < -0.4 is 11.1 Å². The highest BCUT2D eigenvalue weighted by atomic mass is 16.3. The molecule has 2 aromatic rings. The summed E-state index contributed by atoms with van der Waals surface area (Å²) in [5.74, 6) is 0.310. The van der Waals surface area contributed by atoms with E-state index in [1.165, 1.54) is 16.7 Å². The van der Waals surface area contributed by atoms with Crippen LogP contribution in [0.5, 0.6) is 5.75 Å². The molecule has 3 rings (SSSR count). The van der Waals surface area contributed by atoms with Gasteiger partial charge in [-0.05, 0) is 60.3 Å². The van der Waals surface area contributed by atoms with Crippen molar-refractivity contribution in [2.24, 2.45) is 0 Å². The zero-order valence-electron chi connectivity index (χ0n) is 10.8. The van der Waals surface area contributed by atoms with Gasteiger partial charge in [0.15, 0.2) is 0 Å². The molecule has 0 spiro atoms. The van der Waals surface area contributed by atoms with Crippen LogP contribution in [0.1, 0.15) is 22.7 Å². The van der Waals surface area contributed by atoms with Crippen molar-refractivity contribution in [1.82, 2.24) is 5.32 Å². The minimum absolute atomic E-state index is 0.303. The molecule has 1 atom stereocenters. The Morgan fingerprint density at radius 2 is 1.95 bits per heavy atom. The normalized spacial score (nSPS) is 18.0. The highest BCUT2D eigenvalue weighted by Gasteiger charge is 2.19. The summed E-state index contributed by atoms with van der Waals surface area (Å²) in [5, 5.41) is 12.9. The summed E-state index contributed by atoms with van der Waals surface area (Å²) in [7, 11) is 0. The van der Waals surface area contributed by atoms with Crippen molar-refractivity contribution in [1.29, 1.82) is 0 Å². The third-order valence-electron chi connectivity index (χ3n) is 3.71. The fourth-order valence-corrected chi connectivity index (χ4v) is 2.71. The van der Waals surface area contributed by atoms with Crippen LogP contribution in [-0.2, 0) is 12.8 Å². The van der Waals surface area contributed by atoms with Crippen LogP contribution in [0.25, 0.3) is 0 Å². The minimum atomic E-state index is 0.303. The molecule has 0 amide bonds. The predicted molar refractivity (Wildman–Crippen MR) is 77.1 cm³/mol. The van der Waals surface area contributed by atoms with E-state index in [4.69, 9.17) is 5.73 Å². The van der Waals surface area contributed by atoms with E-state index in [1.807, 2.05) is 18.2 Å². The largest absolute Gasteiger partial charge is 0.508 e. The van der Waals surface area contributed by atoms with Crippen molar-refractivity contribution >= 4 is 5.69 Å². The second-order valence-corrected chi connectivity index (χ2v) is 5.09. The lowest BCUT2D eigenvalue weighted by Crippen LogP contribution is -2.31. The smallest absolute Gasteiger partial charge is 0.115 e. The number of phenols is 1. The summed E-state index contributed by atoms with van der Waals surface area (Å²) in [5.41, 5.74) is 10.6. The maximum absolute atomic E-state index is 9.32. The highest BCUT2D eigenvalue weighted by molar-refractivity contribution is 5.47. The maximum Gasteiger partial charge on any atom is 0.115 e. The summed E-state index contributed by atoms with van der Waals surface area (Å²) >= 11 is 0. The average Bonchev–Trinajstić information content (AvgIpc) is 2.42. The number of fused-ring (bicyclic) bond motifs is 1. The van der Waals surface area contributed by atoms with E-state index < -0.39 is 0 Å². The van der Waals surface area contributed by atoms with E-state index >= 15 is 0 Å². The second kappa shape index (κ2) is 4.94. The van der Waals surface area contributed by atoms with Crippen molar-refractivity contribution in [3.05, 3.63) is 59.2 Å². The summed E-state index contributed by atoms with van der Waals surface area (Å²) in [4.78, 5) is 0. The number of anilines is 1. The van der Waals surface area contributed by atoms with Crippen molar-refractivity contribution in [2.45, 2.75) is 18.9 Å². The number of hydrogen-bond acceptors (Lipinski definition) is 3. The number of nitrogen functional groups attached to an aromatic ring is 1. The van der Waals surface area contributed by atoms with Gasteiger partial charge in [0, 0.05) is 11.7 Å². The quantitative estimate of drug-likeness (QED) is 0.721. The number of nitrogens with two attached hydrogens (primary N) is 1. The molecule has 98 valence electrons. The molecule has 1 aliphatic rings. The highest BCUT2D eigenvalue weighted by Crippen LogP contribution is 2.28. The minimum Gasteiger partial charge on any atom is -0.508 e. The molecule has 1 aliphatic heterocycles. The number of phenolic OH excluding ortho intramolecular Hbond substituents is 1. The van der Waals surface area contributed by atoms with Gasteiger partial charge in [-0.1, -0.05) is 18.2 Å². The van der Waals surface area contributed by atoms with Crippen LogP contribution in [0, 0.1) is 0 Å². The zero-order chi connectivity index (χ0) is 13.2. The molecule has 3 nitrogen and oxygen atoms in total. The molecule has 0 unspecified atom stereocenters. The number of benzene rings is 2. The third-order valence-corrected chi connectivity index (χ3v) is 3.71. The van der Waals surface area contributed by atoms with Crippen molar-refractivity contribution in [3.63, 3.8) is 0 Å². The van der Waals surface area contributed by atoms with Crippen LogP contribution in [0.2, 0.25) is 0 Å². The van der Waals surface area contributed by atoms with Gasteiger partial charge in [-0.2, -0.15) is 0 Å².